The van der Waals surface area contributed by atoms with Crippen molar-refractivity contribution in [3.63, 3.8) is 0 Å². The Bertz CT molecular complexity index is 393. The molecule has 0 radical (unpaired) electrons. The van der Waals surface area contributed by atoms with E-state index in [1.165, 1.54) is 0 Å². The lowest BCUT2D eigenvalue weighted by Gasteiger charge is -2.25. The minimum atomic E-state index is -0.538. The molecule has 0 saturated heterocycles. The largest absolute Gasteiger partial charge is 0.494 e. The number of hydrogen-bond acceptors (Lipinski definition) is 3. The highest BCUT2D eigenvalue weighted by Crippen LogP contribution is 2.20. The summed E-state index contributed by atoms with van der Waals surface area (Å²) >= 11 is 0. The lowest BCUT2D eigenvalue weighted by Crippen LogP contribution is -2.45. The zero-order valence-electron chi connectivity index (χ0n) is 11.5. The number of nitrogens with two attached hydrogens (primary N) is 1. The maximum Gasteiger partial charge on any atom is 0.241 e. The molecule has 4 heteroatoms. The summed E-state index contributed by atoms with van der Waals surface area (Å²) < 4.78 is 5.33. The maximum atomic E-state index is 11.9. The highest BCUT2D eigenvalue weighted by Gasteiger charge is 2.27. The zero-order chi connectivity index (χ0) is 13.8. The van der Waals surface area contributed by atoms with Crippen LogP contribution >= 0.6 is 0 Å². The molecular weight excluding hydrogens is 228 g/mol. The van der Waals surface area contributed by atoms with E-state index in [0.29, 0.717) is 6.61 Å². The van der Waals surface area contributed by atoms with E-state index < -0.39 is 6.04 Å². The minimum absolute atomic E-state index is 0.174. The van der Waals surface area contributed by atoms with Gasteiger partial charge in [0.2, 0.25) is 5.91 Å². The molecule has 0 unspecified atom stereocenters. The van der Waals surface area contributed by atoms with Gasteiger partial charge in [0.15, 0.2) is 0 Å². The highest BCUT2D eigenvalue weighted by molar-refractivity contribution is 5.95. The van der Waals surface area contributed by atoms with Gasteiger partial charge in [0.05, 0.1) is 12.6 Å². The van der Waals surface area contributed by atoms with Crippen molar-refractivity contribution in [1.82, 2.24) is 0 Å². The van der Waals surface area contributed by atoms with Gasteiger partial charge in [-0.25, -0.2) is 0 Å². The van der Waals surface area contributed by atoms with Crippen LogP contribution in [-0.2, 0) is 4.79 Å². The molecule has 4 nitrogen and oxygen atoms in total. The first-order valence-electron chi connectivity index (χ1n) is 6.14. The average molecular weight is 250 g/mol. The van der Waals surface area contributed by atoms with Crippen molar-refractivity contribution in [2.75, 3.05) is 11.9 Å². The van der Waals surface area contributed by atoms with E-state index in [2.05, 4.69) is 5.32 Å². The first-order chi connectivity index (χ1) is 8.34. The summed E-state index contributed by atoms with van der Waals surface area (Å²) in [5, 5.41) is 2.80. The molecule has 0 saturated carbocycles. The van der Waals surface area contributed by atoms with Crippen LogP contribution in [-0.4, -0.2) is 18.6 Å². The third kappa shape index (κ3) is 4.04. The predicted molar refractivity (Wildman–Crippen MR) is 73.7 cm³/mol. The number of carbonyl (C=O) groups excluding carboxylic acids is 1. The molecule has 0 aliphatic rings. The minimum Gasteiger partial charge on any atom is -0.494 e. The van der Waals surface area contributed by atoms with Crippen molar-refractivity contribution < 1.29 is 9.53 Å². The summed E-state index contributed by atoms with van der Waals surface area (Å²) in [6.07, 6.45) is 0. The molecule has 0 heterocycles. The van der Waals surface area contributed by atoms with Crippen molar-refractivity contribution in [3.8, 4) is 5.75 Å². The lowest BCUT2D eigenvalue weighted by molar-refractivity contribution is -0.119. The topological polar surface area (TPSA) is 64.3 Å². The van der Waals surface area contributed by atoms with E-state index in [4.69, 9.17) is 10.5 Å². The summed E-state index contributed by atoms with van der Waals surface area (Å²) in [6.45, 7) is 8.37. The Kier molecular flexibility index (Phi) is 4.73. The first kappa shape index (κ1) is 14.5. The smallest absolute Gasteiger partial charge is 0.241 e. The third-order valence-electron chi connectivity index (χ3n) is 2.65. The van der Waals surface area contributed by atoms with Crippen LogP contribution < -0.4 is 15.8 Å². The molecule has 1 rings (SSSR count). The fourth-order valence-corrected chi connectivity index (χ4v) is 1.41. The number of nitrogens with one attached hydrogen (secondary N) is 1. The lowest BCUT2D eigenvalue weighted by atomic mass is 9.87. The van der Waals surface area contributed by atoms with Gasteiger partial charge in [0, 0.05) is 5.69 Å². The van der Waals surface area contributed by atoms with E-state index in [-0.39, 0.29) is 11.3 Å². The van der Waals surface area contributed by atoms with Gasteiger partial charge in [-0.2, -0.15) is 0 Å². The van der Waals surface area contributed by atoms with E-state index >= 15 is 0 Å². The Hall–Kier alpha value is -1.55. The molecule has 1 aromatic rings. The normalized spacial score (nSPS) is 12.9. The molecule has 0 fully saturated rings. The Morgan fingerprint density at radius 3 is 2.33 bits per heavy atom. The molecule has 0 aliphatic carbocycles. The van der Waals surface area contributed by atoms with Gasteiger partial charge in [0.1, 0.15) is 5.75 Å². The molecule has 100 valence electrons. The maximum absolute atomic E-state index is 11.9. The summed E-state index contributed by atoms with van der Waals surface area (Å²) in [5.41, 5.74) is 6.35. The molecule has 1 aromatic carbocycles. The average Bonchev–Trinajstić information content (AvgIpc) is 2.30. The molecule has 1 atom stereocenters. The number of hydrogen-bond donors (Lipinski definition) is 2. The van der Waals surface area contributed by atoms with Gasteiger partial charge in [-0.3, -0.25) is 4.79 Å². The number of benzene rings is 1. The molecule has 3 N–H and O–H groups in total. The van der Waals surface area contributed by atoms with Gasteiger partial charge in [0.25, 0.3) is 0 Å². The van der Waals surface area contributed by atoms with Gasteiger partial charge in [-0.15, -0.1) is 0 Å². The van der Waals surface area contributed by atoms with Crippen LogP contribution in [0.4, 0.5) is 5.69 Å². The second-order valence-corrected chi connectivity index (χ2v) is 5.29. The van der Waals surface area contributed by atoms with Gasteiger partial charge in [-0.05, 0) is 36.6 Å². The molecule has 0 aliphatic heterocycles. The second-order valence-electron chi connectivity index (χ2n) is 5.29. The Labute approximate surface area is 109 Å². The highest BCUT2D eigenvalue weighted by atomic mass is 16.5. The summed E-state index contributed by atoms with van der Waals surface area (Å²) in [7, 11) is 0. The Morgan fingerprint density at radius 1 is 1.33 bits per heavy atom. The monoisotopic (exact) mass is 250 g/mol. The zero-order valence-corrected chi connectivity index (χ0v) is 11.5. The fourth-order valence-electron chi connectivity index (χ4n) is 1.41. The Balaban J connectivity index is 2.65. The van der Waals surface area contributed by atoms with Crippen molar-refractivity contribution in [2.24, 2.45) is 11.1 Å². The first-order valence-corrected chi connectivity index (χ1v) is 6.14. The van der Waals surface area contributed by atoms with Crippen LogP contribution in [0.5, 0.6) is 5.75 Å². The summed E-state index contributed by atoms with van der Waals surface area (Å²) in [5.74, 6) is 0.613. The molecule has 1 amide bonds. The van der Waals surface area contributed by atoms with Crippen LogP contribution in [0.1, 0.15) is 27.7 Å². The third-order valence-corrected chi connectivity index (χ3v) is 2.65. The van der Waals surface area contributed by atoms with Crippen molar-refractivity contribution in [2.45, 2.75) is 33.7 Å². The number of ether oxygens (including phenoxy) is 1. The molecule has 0 aromatic heterocycles. The van der Waals surface area contributed by atoms with Crippen molar-refractivity contribution in [1.29, 1.82) is 0 Å². The van der Waals surface area contributed by atoms with Crippen LogP contribution in [0.25, 0.3) is 0 Å². The van der Waals surface area contributed by atoms with Crippen molar-refractivity contribution in [3.05, 3.63) is 24.3 Å². The predicted octanol–water partition coefficient (Wildman–Crippen LogP) is 2.40. The van der Waals surface area contributed by atoms with E-state index in [1.807, 2.05) is 39.8 Å². The van der Waals surface area contributed by atoms with Gasteiger partial charge >= 0.3 is 0 Å². The van der Waals surface area contributed by atoms with E-state index in [9.17, 15) is 4.79 Å². The van der Waals surface area contributed by atoms with E-state index in [0.717, 1.165) is 11.4 Å². The summed E-state index contributed by atoms with van der Waals surface area (Å²) in [4.78, 5) is 11.9. The van der Waals surface area contributed by atoms with Crippen LogP contribution in [0.2, 0.25) is 0 Å². The standard InChI is InChI=1S/C14H22N2O2/c1-5-18-11-8-6-10(7-9-11)16-13(17)12(15)14(2,3)4/h6-9,12H,5,15H2,1-4H3,(H,16,17)/t12-/m0/s1. The quantitative estimate of drug-likeness (QED) is 0.862. The molecule has 0 spiro atoms. The van der Waals surface area contributed by atoms with Crippen LogP contribution in [0, 0.1) is 5.41 Å². The number of amides is 1. The fraction of sp³-hybridized carbons (Fsp3) is 0.500. The van der Waals surface area contributed by atoms with Crippen molar-refractivity contribution >= 4 is 11.6 Å². The van der Waals surface area contributed by atoms with Crippen LogP contribution in [0.15, 0.2) is 24.3 Å². The second kappa shape index (κ2) is 5.87. The number of anilines is 1. The van der Waals surface area contributed by atoms with E-state index in [1.54, 1.807) is 12.1 Å². The molecule has 18 heavy (non-hydrogen) atoms. The molecule has 0 bridgehead atoms. The Morgan fingerprint density at radius 2 is 1.89 bits per heavy atom. The van der Waals surface area contributed by atoms with Gasteiger partial charge < -0.3 is 15.8 Å². The number of carbonyl (C=O) groups is 1. The van der Waals surface area contributed by atoms with Crippen LogP contribution in [0.3, 0.4) is 0 Å². The van der Waals surface area contributed by atoms with Gasteiger partial charge in [-0.1, -0.05) is 20.8 Å². The summed E-state index contributed by atoms with van der Waals surface area (Å²) in [6, 6.07) is 6.71. The SMILES string of the molecule is CCOc1ccc(NC(=O)[C@H](N)C(C)(C)C)cc1. The molecular formula is C14H22N2O2. The number of rotatable bonds is 4.